The molecule has 2 atom stereocenters. The SMILES string of the molecule is CC1c2ccccc2SC(c2cc(F)ccc2O)(C(C)C)N1[O-]. The Balaban J connectivity index is 2.25. The summed E-state index contributed by atoms with van der Waals surface area (Å²) in [6.07, 6.45) is 0. The van der Waals surface area contributed by atoms with Crippen molar-refractivity contribution in [3.8, 4) is 5.75 Å². The van der Waals surface area contributed by atoms with Gasteiger partial charge in [-0.3, -0.25) is 0 Å². The maximum Gasteiger partial charge on any atom is 0.123 e. The van der Waals surface area contributed by atoms with Crippen LogP contribution in [0.2, 0.25) is 0 Å². The van der Waals surface area contributed by atoms with Crippen LogP contribution in [-0.4, -0.2) is 10.2 Å². The minimum atomic E-state index is -1.07. The molecule has 0 fully saturated rings. The Bertz CT molecular complexity index is 737. The van der Waals surface area contributed by atoms with Gasteiger partial charge < -0.3 is 15.4 Å². The summed E-state index contributed by atoms with van der Waals surface area (Å²) in [4.78, 5) is -0.0792. The van der Waals surface area contributed by atoms with Crippen LogP contribution >= 0.6 is 11.8 Å². The first kappa shape index (κ1) is 16.3. The molecule has 3 nitrogen and oxygen atoms in total. The molecule has 1 heterocycles. The molecule has 1 N–H and O–H groups in total. The van der Waals surface area contributed by atoms with Crippen molar-refractivity contribution >= 4 is 11.8 Å². The minimum absolute atomic E-state index is 0.0555. The Kier molecular flexibility index (Phi) is 4.12. The summed E-state index contributed by atoms with van der Waals surface area (Å²) in [5, 5.41) is 24.5. The molecule has 0 saturated heterocycles. The molecule has 0 aromatic heterocycles. The Hall–Kier alpha value is -1.56. The van der Waals surface area contributed by atoms with Crippen molar-refractivity contribution in [2.24, 2.45) is 5.92 Å². The van der Waals surface area contributed by atoms with Gasteiger partial charge in [-0.1, -0.05) is 43.8 Å². The van der Waals surface area contributed by atoms with E-state index in [4.69, 9.17) is 0 Å². The smallest absolute Gasteiger partial charge is 0.123 e. The summed E-state index contributed by atoms with van der Waals surface area (Å²) < 4.78 is 13.8. The van der Waals surface area contributed by atoms with E-state index >= 15 is 0 Å². The lowest BCUT2D eigenvalue weighted by Gasteiger charge is -2.57. The lowest BCUT2D eigenvalue weighted by molar-refractivity contribution is 0.130. The van der Waals surface area contributed by atoms with Crippen LogP contribution in [0.25, 0.3) is 0 Å². The van der Waals surface area contributed by atoms with Crippen molar-refractivity contribution in [2.75, 3.05) is 0 Å². The van der Waals surface area contributed by atoms with Crippen LogP contribution in [0, 0.1) is 16.9 Å². The number of benzene rings is 2. The van der Waals surface area contributed by atoms with Crippen molar-refractivity contribution in [1.29, 1.82) is 0 Å². The van der Waals surface area contributed by atoms with Crippen molar-refractivity contribution in [3.63, 3.8) is 0 Å². The molecule has 2 unspecified atom stereocenters. The number of halogens is 1. The summed E-state index contributed by atoms with van der Waals surface area (Å²) in [6.45, 7) is 5.69. The molecule has 0 aliphatic carbocycles. The summed E-state index contributed by atoms with van der Waals surface area (Å²) in [5.41, 5.74) is 1.29. The van der Waals surface area contributed by atoms with Gasteiger partial charge in [-0.05, 0) is 42.7 Å². The zero-order valence-electron chi connectivity index (χ0n) is 13.3. The molecule has 0 amide bonds. The average molecular weight is 332 g/mol. The second kappa shape index (κ2) is 5.82. The summed E-state index contributed by atoms with van der Waals surface area (Å²) in [7, 11) is 0. The van der Waals surface area contributed by atoms with Crippen LogP contribution < -0.4 is 0 Å². The van der Waals surface area contributed by atoms with Crippen LogP contribution in [0.1, 0.15) is 37.9 Å². The number of aromatic hydroxyl groups is 1. The first-order valence-electron chi connectivity index (χ1n) is 7.61. The number of rotatable bonds is 2. The molecule has 1 aliphatic rings. The second-order valence-electron chi connectivity index (χ2n) is 6.15. The Morgan fingerprint density at radius 1 is 1.26 bits per heavy atom. The van der Waals surface area contributed by atoms with Gasteiger partial charge in [-0.2, -0.15) is 0 Å². The number of nitrogens with zero attached hydrogens (tertiary/aromatic N) is 1. The first-order valence-corrected chi connectivity index (χ1v) is 8.43. The van der Waals surface area contributed by atoms with Crippen LogP contribution in [-0.2, 0) is 4.87 Å². The molecule has 3 rings (SSSR count). The van der Waals surface area contributed by atoms with Crippen molar-refractivity contribution in [1.82, 2.24) is 5.06 Å². The van der Waals surface area contributed by atoms with E-state index in [2.05, 4.69) is 0 Å². The Morgan fingerprint density at radius 3 is 2.65 bits per heavy atom. The van der Waals surface area contributed by atoms with Gasteiger partial charge in [0.2, 0.25) is 0 Å². The maximum absolute atomic E-state index is 13.8. The van der Waals surface area contributed by atoms with E-state index in [9.17, 15) is 14.7 Å². The molecule has 2 aromatic carbocycles. The quantitative estimate of drug-likeness (QED) is 0.840. The number of hydrogen-bond donors (Lipinski definition) is 1. The van der Waals surface area contributed by atoms with Crippen LogP contribution in [0.3, 0.4) is 0 Å². The lowest BCUT2D eigenvalue weighted by Crippen LogP contribution is -2.47. The number of phenolic OH excluding ortho intramolecular Hbond substituents is 1. The molecule has 0 bridgehead atoms. The zero-order valence-corrected chi connectivity index (χ0v) is 14.1. The van der Waals surface area contributed by atoms with Crippen LogP contribution in [0.5, 0.6) is 5.75 Å². The third-order valence-electron chi connectivity index (χ3n) is 4.44. The van der Waals surface area contributed by atoms with Gasteiger partial charge in [-0.15, -0.1) is 0 Å². The number of thioether (sulfide) groups is 1. The predicted molar refractivity (Wildman–Crippen MR) is 90.5 cm³/mol. The Morgan fingerprint density at radius 2 is 1.96 bits per heavy atom. The molecule has 2 aromatic rings. The number of phenols is 1. The summed E-state index contributed by atoms with van der Waals surface area (Å²) in [5.74, 6) is -0.646. The van der Waals surface area contributed by atoms with E-state index in [1.165, 1.54) is 30.0 Å². The van der Waals surface area contributed by atoms with Gasteiger partial charge >= 0.3 is 0 Å². The van der Waals surface area contributed by atoms with Gasteiger partial charge in [0, 0.05) is 16.5 Å². The highest BCUT2D eigenvalue weighted by atomic mass is 32.2. The summed E-state index contributed by atoms with van der Waals surface area (Å²) in [6, 6.07) is 11.2. The number of fused-ring (bicyclic) bond motifs is 1. The standard InChI is InChI=1S/C18H19FNO2S/c1-11(2)18(15-10-13(19)8-9-16(15)21)20(22)12(3)14-6-4-5-7-17(14)23-18/h4-12,21H,1-3H3/q-1. The molecule has 0 radical (unpaired) electrons. The molecular weight excluding hydrogens is 313 g/mol. The van der Waals surface area contributed by atoms with E-state index < -0.39 is 10.7 Å². The topological polar surface area (TPSA) is 46.5 Å². The highest BCUT2D eigenvalue weighted by Gasteiger charge is 2.45. The predicted octanol–water partition coefficient (Wildman–Crippen LogP) is 5.01. The number of hydroxylamine groups is 2. The molecule has 0 saturated carbocycles. The van der Waals surface area contributed by atoms with Crippen LogP contribution in [0.4, 0.5) is 4.39 Å². The van der Waals surface area contributed by atoms with E-state index in [0.29, 0.717) is 5.56 Å². The molecule has 5 heteroatoms. The highest BCUT2D eigenvalue weighted by molar-refractivity contribution is 8.00. The van der Waals surface area contributed by atoms with Crippen molar-refractivity contribution < 1.29 is 9.50 Å². The molecular formula is C18H19FNO2S-. The second-order valence-corrected chi connectivity index (χ2v) is 7.42. The third-order valence-corrected chi connectivity index (χ3v) is 6.22. The highest BCUT2D eigenvalue weighted by Crippen LogP contribution is 2.58. The van der Waals surface area contributed by atoms with E-state index in [-0.39, 0.29) is 17.7 Å². The van der Waals surface area contributed by atoms with Gasteiger partial charge in [0.1, 0.15) is 11.6 Å². The van der Waals surface area contributed by atoms with E-state index in [0.717, 1.165) is 15.5 Å². The fraction of sp³-hybridized carbons (Fsp3) is 0.333. The van der Waals surface area contributed by atoms with Gasteiger partial charge in [0.15, 0.2) is 0 Å². The van der Waals surface area contributed by atoms with Crippen molar-refractivity contribution in [2.45, 2.75) is 36.6 Å². The zero-order chi connectivity index (χ0) is 16.8. The largest absolute Gasteiger partial charge is 0.784 e. The first-order chi connectivity index (χ1) is 10.9. The Labute approximate surface area is 139 Å². The summed E-state index contributed by atoms with van der Waals surface area (Å²) >= 11 is 1.39. The van der Waals surface area contributed by atoms with Crippen molar-refractivity contribution in [3.05, 3.63) is 64.6 Å². The molecule has 23 heavy (non-hydrogen) atoms. The molecule has 122 valence electrons. The van der Waals surface area contributed by atoms with E-state index in [1.807, 2.05) is 45.0 Å². The minimum Gasteiger partial charge on any atom is -0.784 e. The molecule has 1 aliphatic heterocycles. The van der Waals surface area contributed by atoms with Gasteiger partial charge in [-0.25, -0.2) is 4.39 Å². The normalized spacial score (nSPS) is 24.7. The third kappa shape index (κ3) is 2.43. The van der Waals surface area contributed by atoms with Gasteiger partial charge in [0.25, 0.3) is 0 Å². The van der Waals surface area contributed by atoms with Gasteiger partial charge in [0.05, 0.1) is 4.87 Å². The number of hydrogen-bond acceptors (Lipinski definition) is 4. The fourth-order valence-electron chi connectivity index (χ4n) is 3.20. The van der Waals surface area contributed by atoms with E-state index in [1.54, 1.807) is 0 Å². The lowest BCUT2D eigenvalue weighted by atomic mass is 9.91. The molecule has 0 spiro atoms. The maximum atomic E-state index is 13.8. The monoisotopic (exact) mass is 332 g/mol. The average Bonchev–Trinajstić information content (AvgIpc) is 2.53. The fourth-order valence-corrected chi connectivity index (χ4v) is 4.79. The van der Waals surface area contributed by atoms with Crippen LogP contribution in [0.15, 0.2) is 47.4 Å².